The number of aliphatic hydroxyl groups excluding tert-OH is 2. The monoisotopic (exact) mass is 272 g/mol. The first-order chi connectivity index (χ1) is 9.86. The van der Waals surface area contributed by atoms with E-state index in [2.05, 4.69) is 9.97 Å². The molecule has 0 spiro atoms. The average molecular weight is 272 g/mol. The Kier molecular flexibility index (Phi) is 5.65. The van der Waals surface area contributed by atoms with E-state index in [9.17, 15) is 0 Å². The van der Waals surface area contributed by atoms with Crippen molar-refractivity contribution in [1.29, 1.82) is 0 Å². The predicted molar refractivity (Wildman–Crippen MR) is 78.3 cm³/mol. The topological polar surface area (TPSA) is 66.2 Å². The Morgan fingerprint density at radius 2 is 1.20 bits per heavy atom. The van der Waals surface area contributed by atoms with Crippen LogP contribution in [0, 0.1) is 0 Å². The summed E-state index contributed by atoms with van der Waals surface area (Å²) in [5, 5.41) is 18.0. The van der Waals surface area contributed by atoms with E-state index < -0.39 is 0 Å². The maximum absolute atomic E-state index is 9.00. The van der Waals surface area contributed by atoms with Gasteiger partial charge in [0.1, 0.15) is 0 Å². The number of hydrogen-bond donors (Lipinski definition) is 2. The van der Waals surface area contributed by atoms with Gasteiger partial charge < -0.3 is 10.2 Å². The smallest absolute Gasteiger partial charge is 0.0920 e. The Morgan fingerprint density at radius 1 is 0.750 bits per heavy atom. The number of nitrogens with zero attached hydrogens (tertiary/aromatic N) is 2. The molecule has 0 bridgehead atoms. The summed E-state index contributed by atoms with van der Waals surface area (Å²) < 4.78 is 0. The van der Waals surface area contributed by atoms with Crippen LogP contribution in [0.4, 0.5) is 0 Å². The van der Waals surface area contributed by atoms with E-state index in [1.807, 2.05) is 24.3 Å². The van der Waals surface area contributed by atoms with Crippen molar-refractivity contribution in [3.63, 3.8) is 0 Å². The summed E-state index contributed by atoms with van der Waals surface area (Å²) >= 11 is 0. The molecule has 0 saturated carbocycles. The van der Waals surface area contributed by atoms with E-state index in [1.165, 1.54) is 0 Å². The average Bonchev–Trinajstić information content (AvgIpc) is 2.51. The van der Waals surface area contributed by atoms with Crippen molar-refractivity contribution in [2.45, 2.75) is 25.7 Å². The van der Waals surface area contributed by atoms with Crippen LogP contribution in [0.5, 0.6) is 0 Å². The second-order valence-electron chi connectivity index (χ2n) is 4.68. The number of pyridine rings is 2. The predicted octanol–water partition coefficient (Wildman–Crippen LogP) is 1.99. The van der Waals surface area contributed by atoms with E-state index in [-0.39, 0.29) is 13.2 Å². The lowest BCUT2D eigenvalue weighted by molar-refractivity contribution is 0.288. The molecule has 0 atom stereocenters. The van der Waals surface area contributed by atoms with Gasteiger partial charge in [-0.1, -0.05) is 12.1 Å². The minimum Gasteiger partial charge on any atom is -0.396 e. The third-order valence-electron chi connectivity index (χ3n) is 3.22. The van der Waals surface area contributed by atoms with Crippen molar-refractivity contribution < 1.29 is 10.2 Å². The molecule has 0 aliphatic rings. The van der Waals surface area contributed by atoms with E-state index in [0.29, 0.717) is 0 Å². The fourth-order valence-electron chi connectivity index (χ4n) is 2.25. The van der Waals surface area contributed by atoms with Crippen molar-refractivity contribution in [2.75, 3.05) is 13.2 Å². The van der Waals surface area contributed by atoms with Crippen LogP contribution in [-0.4, -0.2) is 33.4 Å². The SMILES string of the molecule is OCCCc1cccnc1-c1ncccc1CCCO. The number of aliphatic hydroxyl groups is 2. The molecule has 0 aromatic carbocycles. The zero-order chi connectivity index (χ0) is 14.2. The molecule has 2 aromatic heterocycles. The Balaban J connectivity index is 2.35. The Bertz CT molecular complexity index is 494. The summed E-state index contributed by atoms with van der Waals surface area (Å²) in [7, 11) is 0. The van der Waals surface area contributed by atoms with E-state index in [1.54, 1.807) is 12.4 Å². The Hall–Kier alpha value is -1.78. The van der Waals surface area contributed by atoms with Crippen molar-refractivity contribution >= 4 is 0 Å². The molecule has 2 aromatic rings. The third kappa shape index (κ3) is 3.62. The van der Waals surface area contributed by atoms with Gasteiger partial charge in [-0.25, -0.2) is 0 Å². The minimum atomic E-state index is 0.175. The van der Waals surface area contributed by atoms with Crippen molar-refractivity contribution in [2.24, 2.45) is 0 Å². The summed E-state index contributed by atoms with van der Waals surface area (Å²) in [6, 6.07) is 7.88. The second kappa shape index (κ2) is 7.72. The molecule has 0 saturated heterocycles. The third-order valence-corrected chi connectivity index (χ3v) is 3.22. The van der Waals surface area contributed by atoms with Gasteiger partial charge in [0.25, 0.3) is 0 Å². The lowest BCUT2D eigenvalue weighted by atomic mass is 10.0. The van der Waals surface area contributed by atoms with E-state index >= 15 is 0 Å². The second-order valence-corrected chi connectivity index (χ2v) is 4.68. The highest BCUT2D eigenvalue weighted by Gasteiger charge is 2.11. The van der Waals surface area contributed by atoms with Crippen LogP contribution in [0.1, 0.15) is 24.0 Å². The molecular weight excluding hydrogens is 252 g/mol. The van der Waals surface area contributed by atoms with Gasteiger partial charge >= 0.3 is 0 Å². The maximum atomic E-state index is 9.00. The van der Waals surface area contributed by atoms with Crippen LogP contribution < -0.4 is 0 Å². The molecule has 2 heterocycles. The molecule has 20 heavy (non-hydrogen) atoms. The van der Waals surface area contributed by atoms with E-state index in [4.69, 9.17) is 10.2 Å². The van der Waals surface area contributed by atoms with Gasteiger partial charge in [-0.05, 0) is 48.9 Å². The van der Waals surface area contributed by atoms with Gasteiger partial charge in [-0.15, -0.1) is 0 Å². The highest BCUT2D eigenvalue weighted by molar-refractivity contribution is 5.62. The quantitative estimate of drug-likeness (QED) is 0.809. The summed E-state index contributed by atoms with van der Waals surface area (Å²) in [6.45, 7) is 0.349. The summed E-state index contributed by atoms with van der Waals surface area (Å²) in [5.74, 6) is 0. The fourth-order valence-corrected chi connectivity index (χ4v) is 2.25. The molecule has 0 aliphatic carbocycles. The van der Waals surface area contributed by atoms with Gasteiger partial charge in [0, 0.05) is 25.6 Å². The fraction of sp³-hybridized carbons (Fsp3) is 0.375. The lowest BCUT2D eigenvalue weighted by Crippen LogP contribution is -2.01. The molecule has 0 fully saturated rings. The largest absolute Gasteiger partial charge is 0.396 e. The normalized spacial score (nSPS) is 10.7. The maximum Gasteiger partial charge on any atom is 0.0920 e. The molecule has 106 valence electrons. The Labute approximate surface area is 119 Å². The van der Waals surface area contributed by atoms with Crippen LogP contribution in [0.2, 0.25) is 0 Å². The van der Waals surface area contributed by atoms with Crippen LogP contribution in [0.3, 0.4) is 0 Å². The molecule has 4 nitrogen and oxygen atoms in total. The van der Waals surface area contributed by atoms with Crippen molar-refractivity contribution in [3.8, 4) is 11.4 Å². The molecule has 0 amide bonds. The van der Waals surface area contributed by atoms with Crippen LogP contribution in [0.15, 0.2) is 36.7 Å². The van der Waals surface area contributed by atoms with Crippen LogP contribution >= 0.6 is 0 Å². The van der Waals surface area contributed by atoms with Gasteiger partial charge in [0.05, 0.1) is 11.4 Å². The van der Waals surface area contributed by atoms with Crippen molar-refractivity contribution in [3.05, 3.63) is 47.8 Å². The first-order valence-electron chi connectivity index (χ1n) is 6.96. The molecule has 2 N–H and O–H groups in total. The first kappa shape index (κ1) is 14.6. The minimum absolute atomic E-state index is 0.175. The van der Waals surface area contributed by atoms with Crippen LogP contribution in [0.25, 0.3) is 11.4 Å². The first-order valence-corrected chi connectivity index (χ1v) is 6.96. The number of hydrogen-bond acceptors (Lipinski definition) is 4. The summed E-state index contributed by atoms with van der Waals surface area (Å²) in [5.41, 5.74) is 3.97. The number of aromatic nitrogens is 2. The summed E-state index contributed by atoms with van der Waals surface area (Å²) in [6.07, 6.45) is 6.55. The summed E-state index contributed by atoms with van der Waals surface area (Å²) in [4.78, 5) is 8.93. The van der Waals surface area contributed by atoms with E-state index in [0.717, 1.165) is 48.2 Å². The zero-order valence-corrected chi connectivity index (χ0v) is 11.5. The highest BCUT2D eigenvalue weighted by Crippen LogP contribution is 2.24. The molecular formula is C16H20N2O2. The highest BCUT2D eigenvalue weighted by atomic mass is 16.3. The number of rotatable bonds is 7. The molecule has 2 rings (SSSR count). The standard InChI is InChI=1S/C16H20N2O2/c19-11-3-7-13-5-1-9-17-15(13)16-14(8-4-12-20)6-2-10-18-16/h1-2,5-6,9-10,19-20H,3-4,7-8,11-12H2. The van der Waals surface area contributed by atoms with Gasteiger partial charge in [0.15, 0.2) is 0 Å². The molecule has 0 radical (unpaired) electrons. The number of aryl methyl sites for hydroxylation is 2. The van der Waals surface area contributed by atoms with Crippen molar-refractivity contribution in [1.82, 2.24) is 9.97 Å². The van der Waals surface area contributed by atoms with Gasteiger partial charge in [0.2, 0.25) is 0 Å². The van der Waals surface area contributed by atoms with Gasteiger partial charge in [-0.2, -0.15) is 0 Å². The van der Waals surface area contributed by atoms with Crippen LogP contribution in [-0.2, 0) is 12.8 Å². The molecule has 0 unspecified atom stereocenters. The molecule has 0 aliphatic heterocycles. The molecule has 4 heteroatoms. The lowest BCUT2D eigenvalue weighted by Gasteiger charge is -2.11. The zero-order valence-electron chi connectivity index (χ0n) is 11.5. The Morgan fingerprint density at radius 3 is 1.60 bits per heavy atom. The van der Waals surface area contributed by atoms with Gasteiger partial charge in [-0.3, -0.25) is 9.97 Å².